The molecule has 0 heterocycles. The van der Waals surface area contributed by atoms with Crippen molar-refractivity contribution in [1.82, 2.24) is 0 Å². The Hall–Kier alpha value is -0.520. The maximum Gasteiger partial charge on any atom is -0.0351 e. The second kappa shape index (κ2) is 7.15. The lowest BCUT2D eigenvalue weighted by molar-refractivity contribution is 0.730. The Kier molecular flexibility index (Phi) is 5.70. The van der Waals surface area contributed by atoms with Crippen molar-refractivity contribution in [1.29, 1.82) is 0 Å². The predicted molar refractivity (Wildman–Crippen MR) is 55.2 cm³/mol. The Labute approximate surface area is 76.4 Å². The quantitative estimate of drug-likeness (QED) is 0.470. The second-order valence-electron chi connectivity index (χ2n) is 3.51. The van der Waals surface area contributed by atoms with E-state index in [0.29, 0.717) is 0 Å². The molecule has 0 aromatic rings. The van der Waals surface area contributed by atoms with Crippen LogP contribution in [0.3, 0.4) is 0 Å². The average molecular weight is 164 g/mol. The zero-order valence-corrected chi connectivity index (χ0v) is 7.97. The molecule has 0 radical (unpaired) electrons. The van der Waals surface area contributed by atoms with Gasteiger partial charge in [-0.3, -0.25) is 0 Å². The molecule has 0 aromatic carbocycles. The van der Waals surface area contributed by atoms with Gasteiger partial charge in [0.1, 0.15) is 0 Å². The normalized spacial score (nSPS) is 24.0. The van der Waals surface area contributed by atoms with Gasteiger partial charge in [-0.2, -0.15) is 0 Å². The molecule has 1 aliphatic carbocycles. The highest BCUT2D eigenvalue weighted by Gasteiger charge is 1.87. The van der Waals surface area contributed by atoms with Crippen molar-refractivity contribution in [3.05, 3.63) is 24.3 Å². The van der Waals surface area contributed by atoms with Crippen LogP contribution in [0.1, 0.15) is 51.4 Å². The van der Waals surface area contributed by atoms with E-state index in [-0.39, 0.29) is 0 Å². The zero-order valence-electron chi connectivity index (χ0n) is 7.97. The van der Waals surface area contributed by atoms with E-state index in [1.807, 2.05) is 0 Å². The number of rotatable bonds is 0. The molecule has 0 unspecified atom stereocenters. The summed E-state index contributed by atoms with van der Waals surface area (Å²) in [6.07, 6.45) is 20.0. The van der Waals surface area contributed by atoms with E-state index in [1.54, 1.807) is 0 Å². The molecule has 0 heteroatoms. The lowest BCUT2D eigenvalue weighted by atomic mass is 10.1. The monoisotopic (exact) mass is 164 g/mol. The van der Waals surface area contributed by atoms with Crippen LogP contribution in [0.4, 0.5) is 0 Å². The minimum atomic E-state index is 1.29. The van der Waals surface area contributed by atoms with Gasteiger partial charge in [0.05, 0.1) is 0 Å². The first kappa shape index (κ1) is 9.57. The molecule has 0 atom stereocenters. The maximum absolute atomic E-state index is 2.35. The largest absolute Gasteiger partial charge is 0.0885 e. The molecule has 0 nitrogen and oxygen atoms in total. The third kappa shape index (κ3) is 5.17. The summed E-state index contributed by atoms with van der Waals surface area (Å²) in [5.74, 6) is 0. The van der Waals surface area contributed by atoms with Crippen molar-refractivity contribution in [3.8, 4) is 0 Å². The van der Waals surface area contributed by atoms with Crippen LogP contribution >= 0.6 is 0 Å². The van der Waals surface area contributed by atoms with E-state index in [0.717, 1.165) is 0 Å². The molecular weight excluding hydrogens is 144 g/mol. The van der Waals surface area contributed by atoms with E-state index >= 15 is 0 Å². The van der Waals surface area contributed by atoms with E-state index in [4.69, 9.17) is 0 Å². The molecule has 1 aliphatic rings. The van der Waals surface area contributed by atoms with Gasteiger partial charge in [0.25, 0.3) is 0 Å². The molecule has 0 aromatic heterocycles. The van der Waals surface area contributed by atoms with Crippen LogP contribution in [0.15, 0.2) is 24.3 Å². The van der Waals surface area contributed by atoms with Gasteiger partial charge in [-0.15, -0.1) is 0 Å². The van der Waals surface area contributed by atoms with Crippen LogP contribution < -0.4 is 0 Å². The van der Waals surface area contributed by atoms with Crippen molar-refractivity contribution in [2.75, 3.05) is 0 Å². The Morgan fingerprint density at radius 3 is 0.917 bits per heavy atom. The summed E-state index contributed by atoms with van der Waals surface area (Å²) in [6, 6.07) is 0. The standard InChI is InChI=1S/C12H20/c1-2-4-6-8-10-12-11-9-7-5-3-1/h1-2,11-12H,3-10H2/b2-1-,12-11?. The van der Waals surface area contributed by atoms with Crippen LogP contribution in [-0.4, -0.2) is 0 Å². The van der Waals surface area contributed by atoms with Crippen LogP contribution in [0.2, 0.25) is 0 Å². The molecule has 0 aliphatic heterocycles. The molecule has 0 fully saturated rings. The number of allylic oxidation sites excluding steroid dienone is 4. The summed E-state index contributed by atoms with van der Waals surface area (Å²) in [5.41, 5.74) is 0. The third-order valence-corrected chi connectivity index (χ3v) is 2.32. The first-order valence-corrected chi connectivity index (χ1v) is 5.30. The van der Waals surface area contributed by atoms with Gasteiger partial charge >= 0.3 is 0 Å². The predicted octanol–water partition coefficient (Wildman–Crippen LogP) is 4.23. The minimum Gasteiger partial charge on any atom is -0.0885 e. The maximum atomic E-state index is 2.35. The molecule has 0 N–H and O–H groups in total. The summed E-state index contributed by atoms with van der Waals surface area (Å²) in [7, 11) is 0. The number of hydrogen-bond donors (Lipinski definition) is 0. The van der Waals surface area contributed by atoms with Crippen LogP contribution in [0.5, 0.6) is 0 Å². The smallest absolute Gasteiger partial charge is 0.0351 e. The van der Waals surface area contributed by atoms with Crippen LogP contribution in [0, 0.1) is 0 Å². The van der Waals surface area contributed by atoms with Crippen molar-refractivity contribution in [3.63, 3.8) is 0 Å². The van der Waals surface area contributed by atoms with E-state index in [9.17, 15) is 0 Å². The lowest BCUT2D eigenvalue weighted by Crippen LogP contribution is -1.77. The minimum absolute atomic E-state index is 1.29. The highest BCUT2D eigenvalue weighted by atomic mass is 13.9. The van der Waals surface area contributed by atoms with Crippen molar-refractivity contribution in [2.45, 2.75) is 51.4 Å². The van der Waals surface area contributed by atoms with Gasteiger partial charge in [0.2, 0.25) is 0 Å². The fourth-order valence-electron chi connectivity index (χ4n) is 1.52. The van der Waals surface area contributed by atoms with Crippen molar-refractivity contribution >= 4 is 0 Å². The molecule has 0 saturated carbocycles. The third-order valence-electron chi connectivity index (χ3n) is 2.32. The Morgan fingerprint density at radius 2 is 0.667 bits per heavy atom. The molecule has 0 bridgehead atoms. The Bertz CT molecular complexity index is 108. The molecule has 1 rings (SSSR count). The van der Waals surface area contributed by atoms with Crippen LogP contribution in [0.25, 0.3) is 0 Å². The van der Waals surface area contributed by atoms with Gasteiger partial charge in [-0.25, -0.2) is 0 Å². The number of hydrogen-bond acceptors (Lipinski definition) is 0. The fraction of sp³-hybridized carbons (Fsp3) is 0.667. The highest BCUT2D eigenvalue weighted by Crippen LogP contribution is 2.07. The van der Waals surface area contributed by atoms with Gasteiger partial charge in [0, 0.05) is 0 Å². The van der Waals surface area contributed by atoms with Crippen LogP contribution in [-0.2, 0) is 0 Å². The topological polar surface area (TPSA) is 0 Å². The van der Waals surface area contributed by atoms with Gasteiger partial charge in [-0.05, 0) is 51.4 Å². The molecular formula is C12H20. The van der Waals surface area contributed by atoms with E-state index in [1.165, 1.54) is 51.4 Å². The molecule has 0 amide bonds. The Morgan fingerprint density at radius 1 is 0.417 bits per heavy atom. The first-order chi connectivity index (χ1) is 6.00. The van der Waals surface area contributed by atoms with Crippen molar-refractivity contribution < 1.29 is 0 Å². The van der Waals surface area contributed by atoms with E-state index in [2.05, 4.69) is 24.3 Å². The van der Waals surface area contributed by atoms with Gasteiger partial charge in [-0.1, -0.05) is 24.3 Å². The summed E-state index contributed by atoms with van der Waals surface area (Å²) >= 11 is 0. The molecule has 0 saturated heterocycles. The zero-order chi connectivity index (χ0) is 8.49. The lowest BCUT2D eigenvalue weighted by Gasteiger charge is -1.97. The second-order valence-corrected chi connectivity index (χ2v) is 3.51. The summed E-state index contributed by atoms with van der Waals surface area (Å²) in [6.45, 7) is 0. The summed E-state index contributed by atoms with van der Waals surface area (Å²) < 4.78 is 0. The summed E-state index contributed by atoms with van der Waals surface area (Å²) in [4.78, 5) is 0. The van der Waals surface area contributed by atoms with Gasteiger partial charge < -0.3 is 0 Å². The molecule has 68 valence electrons. The fourth-order valence-corrected chi connectivity index (χ4v) is 1.52. The molecule has 12 heavy (non-hydrogen) atoms. The van der Waals surface area contributed by atoms with Gasteiger partial charge in [0.15, 0.2) is 0 Å². The SMILES string of the molecule is C1=CCCCC/C=C\CCCC1. The Balaban J connectivity index is 2.18. The highest BCUT2D eigenvalue weighted by molar-refractivity contribution is 4.85. The average Bonchev–Trinajstić information content (AvgIpc) is 2.05. The molecule has 0 spiro atoms. The van der Waals surface area contributed by atoms with Crippen molar-refractivity contribution in [2.24, 2.45) is 0 Å². The first-order valence-electron chi connectivity index (χ1n) is 5.30. The van der Waals surface area contributed by atoms with E-state index < -0.39 is 0 Å². The summed E-state index contributed by atoms with van der Waals surface area (Å²) in [5, 5.41) is 0.